The van der Waals surface area contributed by atoms with E-state index in [9.17, 15) is 0 Å². The lowest BCUT2D eigenvalue weighted by atomic mass is 9.88. The minimum Gasteiger partial charge on any atom is -0.497 e. The smallest absolute Gasteiger partial charge is 0.128 e. The summed E-state index contributed by atoms with van der Waals surface area (Å²) in [6.45, 7) is 2.98. The van der Waals surface area contributed by atoms with Crippen molar-refractivity contribution in [3.63, 3.8) is 0 Å². The first kappa shape index (κ1) is 17.5. The minimum atomic E-state index is -0.0704. The van der Waals surface area contributed by atoms with Gasteiger partial charge in [-0.2, -0.15) is 11.8 Å². The molecule has 1 saturated heterocycles. The van der Waals surface area contributed by atoms with Crippen molar-refractivity contribution in [1.82, 2.24) is 5.32 Å². The first-order valence-corrected chi connectivity index (χ1v) is 10.6. The highest BCUT2D eigenvalue weighted by molar-refractivity contribution is 7.99. The van der Waals surface area contributed by atoms with E-state index in [1.165, 1.54) is 17.1 Å². The van der Waals surface area contributed by atoms with Gasteiger partial charge in [-0.05, 0) is 54.9 Å². The number of anilines is 1. The quantitative estimate of drug-likeness (QED) is 0.824. The lowest BCUT2D eigenvalue weighted by Crippen LogP contribution is -2.56. The minimum absolute atomic E-state index is 0.0704. The molecular formula is C21H27N3OS. The summed E-state index contributed by atoms with van der Waals surface area (Å²) in [6, 6.07) is 8.34. The van der Waals surface area contributed by atoms with E-state index in [1.54, 1.807) is 7.11 Å². The molecule has 0 amide bonds. The Hall–Kier alpha value is -1.88. The molecule has 0 aromatic heterocycles. The van der Waals surface area contributed by atoms with E-state index >= 15 is 0 Å². The highest BCUT2D eigenvalue weighted by Gasteiger charge is 2.40. The van der Waals surface area contributed by atoms with E-state index < -0.39 is 0 Å². The van der Waals surface area contributed by atoms with Gasteiger partial charge in [0.2, 0.25) is 0 Å². The van der Waals surface area contributed by atoms with E-state index in [4.69, 9.17) is 9.73 Å². The SMILES string of the molecule is COC1=CC(C)CC=C1CNC1=Nc2ccccc2NC12CCSCC2. The van der Waals surface area contributed by atoms with Gasteiger partial charge < -0.3 is 15.4 Å². The molecule has 0 radical (unpaired) electrons. The number of amidine groups is 1. The number of nitrogens with one attached hydrogen (secondary N) is 2. The first-order valence-electron chi connectivity index (χ1n) is 9.43. The van der Waals surface area contributed by atoms with Crippen LogP contribution in [0, 0.1) is 5.92 Å². The van der Waals surface area contributed by atoms with Crippen LogP contribution in [0.15, 0.2) is 52.7 Å². The molecular weight excluding hydrogens is 342 g/mol. The van der Waals surface area contributed by atoms with Crippen molar-refractivity contribution >= 4 is 29.0 Å². The maximum atomic E-state index is 5.60. The summed E-state index contributed by atoms with van der Waals surface area (Å²) in [7, 11) is 1.76. The lowest BCUT2D eigenvalue weighted by molar-refractivity contribution is 0.292. The number of ether oxygens (including phenoxy) is 1. The Morgan fingerprint density at radius 3 is 2.92 bits per heavy atom. The number of allylic oxidation sites excluding steroid dienone is 2. The molecule has 1 spiro atoms. The molecule has 1 atom stereocenters. The van der Waals surface area contributed by atoms with Gasteiger partial charge in [-0.3, -0.25) is 0 Å². The molecule has 3 aliphatic rings. The fourth-order valence-electron chi connectivity index (χ4n) is 3.91. The molecule has 2 aliphatic heterocycles. The molecule has 2 heterocycles. The highest BCUT2D eigenvalue weighted by Crippen LogP contribution is 2.39. The van der Waals surface area contributed by atoms with Gasteiger partial charge in [0.25, 0.3) is 0 Å². The van der Waals surface area contributed by atoms with E-state index in [2.05, 4.69) is 47.9 Å². The number of fused-ring (bicyclic) bond motifs is 1. The molecule has 4 nitrogen and oxygen atoms in total. The zero-order valence-corrected chi connectivity index (χ0v) is 16.4. The number of rotatable bonds is 3. The second kappa shape index (κ2) is 7.39. The van der Waals surface area contributed by atoms with Gasteiger partial charge in [0.1, 0.15) is 11.6 Å². The summed E-state index contributed by atoms with van der Waals surface area (Å²) >= 11 is 2.03. The number of hydrogen-bond acceptors (Lipinski definition) is 5. The third-order valence-corrected chi connectivity index (χ3v) is 6.45. The van der Waals surface area contributed by atoms with Crippen LogP contribution >= 0.6 is 11.8 Å². The second-order valence-electron chi connectivity index (χ2n) is 7.33. The molecule has 0 bridgehead atoms. The topological polar surface area (TPSA) is 45.6 Å². The van der Waals surface area contributed by atoms with Gasteiger partial charge >= 0.3 is 0 Å². The summed E-state index contributed by atoms with van der Waals surface area (Å²) in [5.41, 5.74) is 3.33. The van der Waals surface area contributed by atoms with Crippen molar-refractivity contribution in [1.29, 1.82) is 0 Å². The first-order chi connectivity index (χ1) is 12.7. The second-order valence-corrected chi connectivity index (χ2v) is 8.55. The van der Waals surface area contributed by atoms with Crippen LogP contribution in [-0.2, 0) is 4.74 Å². The average molecular weight is 370 g/mol. The van der Waals surface area contributed by atoms with Gasteiger partial charge in [-0.15, -0.1) is 0 Å². The normalized spacial score (nSPS) is 23.9. The Morgan fingerprint density at radius 2 is 2.12 bits per heavy atom. The third kappa shape index (κ3) is 3.37. The van der Waals surface area contributed by atoms with Crippen LogP contribution in [0.4, 0.5) is 11.4 Å². The number of para-hydroxylation sites is 2. The molecule has 1 aliphatic carbocycles. The van der Waals surface area contributed by atoms with E-state index in [0.29, 0.717) is 5.92 Å². The molecule has 2 N–H and O–H groups in total. The van der Waals surface area contributed by atoms with Crippen LogP contribution < -0.4 is 10.6 Å². The zero-order chi connectivity index (χ0) is 18.0. The van der Waals surface area contributed by atoms with Crippen LogP contribution in [0.2, 0.25) is 0 Å². The fraction of sp³-hybridized carbons (Fsp3) is 0.476. The Balaban J connectivity index is 1.58. The summed E-state index contributed by atoms with van der Waals surface area (Å²) < 4.78 is 5.60. The summed E-state index contributed by atoms with van der Waals surface area (Å²) in [4.78, 5) is 5.02. The van der Waals surface area contributed by atoms with Crippen LogP contribution in [0.25, 0.3) is 0 Å². The van der Waals surface area contributed by atoms with Gasteiger partial charge in [-0.25, -0.2) is 4.99 Å². The molecule has 1 aromatic carbocycles. The highest BCUT2D eigenvalue weighted by atomic mass is 32.2. The Labute approximate surface area is 160 Å². The maximum absolute atomic E-state index is 5.60. The van der Waals surface area contributed by atoms with E-state index in [0.717, 1.165) is 48.8 Å². The predicted octanol–water partition coefficient (Wildman–Crippen LogP) is 4.49. The average Bonchev–Trinajstić information content (AvgIpc) is 2.67. The third-order valence-electron chi connectivity index (χ3n) is 5.46. The van der Waals surface area contributed by atoms with Crippen LogP contribution in [0.3, 0.4) is 0 Å². The van der Waals surface area contributed by atoms with E-state index in [1.807, 2.05) is 17.8 Å². The van der Waals surface area contributed by atoms with Crippen LogP contribution in [-0.4, -0.2) is 36.5 Å². The Kier molecular flexibility index (Phi) is 4.98. The van der Waals surface area contributed by atoms with Crippen LogP contribution in [0.5, 0.6) is 0 Å². The van der Waals surface area contributed by atoms with Gasteiger partial charge in [-0.1, -0.05) is 25.1 Å². The Bertz CT molecular complexity index is 762. The summed E-state index contributed by atoms with van der Waals surface area (Å²) in [5, 5.41) is 7.47. The molecule has 138 valence electrons. The van der Waals surface area contributed by atoms with Crippen molar-refractivity contribution in [3.05, 3.63) is 47.7 Å². The molecule has 26 heavy (non-hydrogen) atoms. The number of benzene rings is 1. The fourth-order valence-corrected chi connectivity index (χ4v) is 5.10. The van der Waals surface area contributed by atoms with Crippen molar-refractivity contribution in [2.24, 2.45) is 10.9 Å². The lowest BCUT2D eigenvalue weighted by Gasteiger charge is -2.42. The molecule has 1 aromatic rings. The van der Waals surface area contributed by atoms with Gasteiger partial charge in [0.05, 0.1) is 24.0 Å². The van der Waals surface area contributed by atoms with E-state index in [-0.39, 0.29) is 5.54 Å². The largest absolute Gasteiger partial charge is 0.497 e. The number of hydrogen-bond donors (Lipinski definition) is 2. The van der Waals surface area contributed by atoms with Crippen molar-refractivity contribution < 1.29 is 4.74 Å². The Morgan fingerprint density at radius 1 is 1.31 bits per heavy atom. The predicted molar refractivity (Wildman–Crippen MR) is 111 cm³/mol. The van der Waals surface area contributed by atoms with Gasteiger partial charge in [0.15, 0.2) is 0 Å². The van der Waals surface area contributed by atoms with Gasteiger partial charge in [0, 0.05) is 12.1 Å². The number of thioether (sulfide) groups is 1. The number of aliphatic imine (C=N–C) groups is 1. The van der Waals surface area contributed by atoms with Crippen molar-refractivity contribution in [2.45, 2.75) is 31.7 Å². The maximum Gasteiger partial charge on any atom is 0.128 e. The molecule has 4 rings (SSSR count). The van der Waals surface area contributed by atoms with Crippen molar-refractivity contribution in [3.8, 4) is 0 Å². The summed E-state index contributed by atoms with van der Waals surface area (Å²) in [6.07, 6.45) is 7.78. The molecule has 1 unspecified atom stereocenters. The van der Waals surface area contributed by atoms with Crippen LogP contribution in [0.1, 0.15) is 26.2 Å². The molecule has 5 heteroatoms. The number of methoxy groups -OCH3 is 1. The van der Waals surface area contributed by atoms with Crippen molar-refractivity contribution in [2.75, 3.05) is 30.5 Å². The monoisotopic (exact) mass is 369 g/mol. The summed E-state index contributed by atoms with van der Waals surface area (Å²) in [5.74, 6) is 4.94. The standard InChI is InChI=1S/C21H27N3OS/c1-15-7-8-16(19(13-15)25-2)14-22-20-21(9-11-26-12-10-21)24-18-6-4-3-5-17(18)23-20/h3-6,8,13,15,24H,7,9-12,14H2,1-2H3,(H,22,23). The number of nitrogens with zero attached hydrogens (tertiary/aromatic N) is 1. The zero-order valence-electron chi connectivity index (χ0n) is 15.5. The molecule has 0 saturated carbocycles. The molecule has 1 fully saturated rings.